The highest BCUT2D eigenvalue weighted by atomic mass is 35.5. The Morgan fingerprint density at radius 2 is 1.76 bits per heavy atom. The minimum atomic E-state index is 0.749. The third-order valence-corrected chi connectivity index (χ3v) is 3.14. The van der Waals surface area contributed by atoms with E-state index in [1.165, 1.54) is 44.3 Å². The van der Waals surface area contributed by atoms with E-state index in [1.807, 2.05) is 0 Å². The molecule has 0 N–H and O–H groups in total. The summed E-state index contributed by atoms with van der Waals surface area (Å²) >= 11 is 5.80. The number of unbranched alkanes of at least 4 members (excludes halogenated alkanes) is 1. The van der Waals surface area contributed by atoms with Crippen LogP contribution in [0.2, 0.25) is 0 Å². The molecule has 0 amide bonds. The molecule has 0 spiro atoms. The van der Waals surface area contributed by atoms with Crippen LogP contribution in [-0.4, -0.2) is 30.4 Å². The molecule has 0 saturated heterocycles. The fourth-order valence-electron chi connectivity index (χ4n) is 2.08. The molecule has 96 valence electrons. The van der Waals surface area contributed by atoms with Crippen molar-refractivity contribution in [2.75, 3.05) is 25.5 Å². The molecule has 0 atom stereocenters. The Morgan fingerprint density at radius 1 is 1.00 bits per heavy atom. The third-order valence-electron chi connectivity index (χ3n) is 2.97. The Kier molecular flexibility index (Phi) is 8.12. The first-order chi connectivity index (χ1) is 8.36. The van der Waals surface area contributed by atoms with Gasteiger partial charge in [-0.05, 0) is 44.3 Å². The number of hydrogen-bond acceptors (Lipinski definition) is 1. The summed E-state index contributed by atoms with van der Waals surface area (Å²) in [5, 5.41) is 0. The van der Waals surface area contributed by atoms with Gasteiger partial charge in [0.1, 0.15) is 0 Å². The minimum absolute atomic E-state index is 0.749. The zero-order valence-corrected chi connectivity index (χ0v) is 11.6. The fraction of sp³-hybridized carbons (Fsp3) is 0.600. The van der Waals surface area contributed by atoms with Crippen molar-refractivity contribution in [3.63, 3.8) is 0 Å². The van der Waals surface area contributed by atoms with Gasteiger partial charge in [-0.15, -0.1) is 11.6 Å². The van der Waals surface area contributed by atoms with Crippen molar-refractivity contribution in [1.82, 2.24) is 4.90 Å². The predicted octanol–water partition coefficient (Wildman–Crippen LogP) is 3.96. The molecule has 17 heavy (non-hydrogen) atoms. The van der Waals surface area contributed by atoms with Gasteiger partial charge in [0.2, 0.25) is 0 Å². The highest BCUT2D eigenvalue weighted by Gasteiger charge is 2.02. The van der Waals surface area contributed by atoms with Gasteiger partial charge >= 0.3 is 0 Å². The number of aryl methyl sites for hydroxylation is 1. The second-order valence-corrected chi connectivity index (χ2v) is 4.85. The second-order valence-electron chi connectivity index (χ2n) is 4.47. The first-order valence-corrected chi connectivity index (χ1v) is 7.22. The number of hydrogen-bond donors (Lipinski definition) is 0. The number of alkyl halides is 1. The lowest BCUT2D eigenvalue weighted by Gasteiger charge is -2.20. The van der Waals surface area contributed by atoms with Gasteiger partial charge in [0, 0.05) is 12.4 Å². The normalized spacial score (nSPS) is 11.0. The lowest BCUT2D eigenvalue weighted by Crippen LogP contribution is -2.27. The SMILES string of the molecule is CCCN(CCCl)CCCCc1ccccc1. The van der Waals surface area contributed by atoms with Crippen molar-refractivity contribution in [2.45, 2.75) is 32.6 Å². The maximum atomic E-state index is 5.80. The number of rotatable bonds is 9. The van der Waals surface area contributed by atoms with E-state index in [2.05, 4.69) is 42.2 Å². The molecule has 1 aromatic rings. The highest BCUT2D eigenvalue weighted by Crippen LogP contribution is 2.05. The smallest absolute Gasteiger partial charge is 0.0351 e. The van der Waals surface area contributed by atoms with Crippen LogP contribution in [0.4, 0.5) is 0 Å². The summed E-state index contributed by atoms with van der Waals surface area (Å²) in [4.78, 5) is 2.47. The van der Waals surface area contributed by atoms with Crippen molar-refractivity contribution >= 4 is 11.6 Å². The van der Waals surface area contributed by atoms with Gasteiger partial charge in [-0.25, -0.2) is 0 Å². The van der Waals surface area contributed by atoms with Crippen molar-refractivity contribution in [3.05, 3.63) is 35.9 Å². The molecule has 0 aliphatic rings. The molecule has 2 heteroatoms. The first-order valence-electron chi connectivity index (χ1n) is 6.69. The largest absolute Gasteiger partial charge is 0.302 e. The van der Waals surface area contributed by atoms with Crippen LogP contribution in [0.1, 0.15) is 31.7 Å². The fourth-order valence-corrected chi connectivity index (χ4v) is 2.32. The monoisotopic (exact) mass is 253 g/mol. The quantitative estimate of drug-likeness (QED) is 0.476. The van der Waals surface area contributed by atoms with E-state index >= 15 is 0 Å². The molecule has 0 saturated carbocycles. The molecular weight excluding hydrogens is 230 g/mol. The zero-order valence-electron chi connectivity index (χ0n) is 10.9. The lowest BCUT2D eigenvalue weighted by molar-refractivity contribution is 0.284. The van der Waals surface area contributed by atoms with Gasteiger partial charge in [-0.1, -0.05) is 37.3 Å². The summed E-state index contributed by atoms with van der Waals surface area (Å²) in [6.45, 7) is 5.62. The molecule has 0 aliphatic carbocycles. The molecule has 0 unspecified atom stereocenters. The van der Waals surface area contributed by atoms with Crippen molar-refractivity contribution < 1.29 is 0 Å². The average molecular weight is 254 g/mol. The average Bonchev–Trinajstić information content (AvgIpc) is 2.36. The first kappa shape index (κ1) is 14.5. The van der Waals surface area contributed by atoms with Crippen LogP contribution >= 0.6 is 11.6 Å². The van der Waals surface area contributed by atoms with E-state index in [0.717, 1.165) is 12.4 Å². The summed E-state index contributed by atoms with van der Waals surface area (Å²) < 4.78 is 0. The maximum Gasteiger partial charge on any atom is 0.0351 e. The van der Waals surface area contributed by atoms with Crippen LogP contribution in [0, 0.1) is 0 Å². The van der Waals surface area contributed by atoms with Gasteiger partial charge in [0.05, 0.1) is 0 Å². The molecule has 1 nitrogen and oxygen atoms in total. The Hall–Kier alpha value is -0.530. The van der Waals surface area contributed by atoms with E-state index in [0.29, 0.717) is 0 Å². The lowest BCUT2D eigenvalue weighted by atomic mass is 10.1. The van der Waals surface area contributed by atoms with Crippen molar-refractivity contribution in [1.29, 1.82) is 0 Å². The summed E-state index contributed by atoms with van der Waals surface area (Å²) in [6, 6.07) is 10.7. The standard InChI is InChI=1S/C15H24ClN/c1-2-12-17(14-11-16)13-7-6-10-15-8-4-3-5-9-15/h3-5,8-9H,2,6-7,10-14H2,1H3. The number of benzene rings is 1. The second kappa shape index (κ2) is 9.49. The van der Waals surface area contributed by atoms with Gasteiger partial charge in [-0.2, -0.15) is 0 Å². The topological polar surface area (TPSA) is 3.24 Å². The summed E-state index contributed by atoms with van der Waals surface area (Å²) in [7, 11) is 0. The summed E-state index contributed by atoms with van der Waals surface area (Å²) in [6.07, 6.45) is 4.95. The van der Waals surface area contributed by atoms with Crippen LogP contribution < -0.4 is 0 Å². The highest BCUT2D eigenvalue weighted by molar-refractivity contribution is 6.18. The van der Waals surface area contributed by atoms with Crippen LogP contribution in [-0.2, 0) is 6.42 Å². The molecule has 0 aromatic heterocycles. The Balaban J connectivity index is 2.13. The van der Waals surface area contributed by atoms with E-state index < -0.39 is 0 Å². The van der Waals surface area contributed by atoms with Crippen LogP contribution in [0.5, 0.6) is 0 Å². The molecule has 0 radical (unpaired) electrons. The van der Waals surface area contributed by atoms with Gasteiger partial charge in [0.15, 0.2) is 0 Å². The summed E-state index contributed by atoms with van der Waals surface area (Å²) in [5.41, 5.74) is 1.45. The van der Waals surface area contributed by atoms with Gasteiger partial charge in [0.25, 0.3) is 0 Å². The van der Waals surface area contributed by atoms with Crippen LogP contribution in [0.15, 0.2) is 30.3 Å². The van der Waals surface area contributed by atoms with E-state index in [4.69, 9.17) is 11.6 Å². The molecule has 1 rings (SSSR count). The van der Waals surface area contributed by atoms with Crippen LogP contribution in [0.3, 0.4) is 0 Å². The molecular formula is C15H24ClN. The number of nitrogens with zero attached hydrogens (tertiary/aromatic N) is 1. The molecule has 0 fully saturated rings. The maximum absolute atomic E-state index is 5.80. The molecule has 0 aliphatic heterocycles. The van der Waals surface area contributed by atoms with Crippen molar-refractivity contribution in [3.8, 4) is 0 Å². The van der Waals surface area contributed by atoms with E-state index in [9.17, 15) is 0 Å². The Morgan fingerprint density at radius 3 is 2.41 bits per heavy atom. The van der Waals surface area contributed by atoms with Crippen molar-refractivity contribution in [2.24, 2.45) is 0 Å². The third kappa shape index (κ3) is 6.70. The number of halogens is 1. The van der Waals surface area contributed by atoms with Crippen LogP contribution in [0.25, 0.3) is 0 Å². The van der Waals surface area contributed by atoms with Gasteiger partial charge < -0.3 is 4.90 Å². The molecule has 1 aromatic carbocycles. The van der Waals surface area contributed by atoms with Gasteiger partial charge in [-0.3, -0.25) is 0 Å². The van der Waals surface area contributed by atoms with E-state index in [1.54, 1.807) is 0 Å². The Bertz CT molecular complexity index is 268. The molecule has 0 bridgehead atoms. The molecule has 0 heterocycles. The zero-order chi connectivity index (χ0) is 12.3. The minimum Gasteiger partial charge on any atom is -0.302 e. The van der Waals surface area contributed by atoms with E-state index in [-0.39, 0.29) is 0 Å². The Labute approximate surface area is 111 Å². The predicted molar refractivity (Wildman–Crippen MR) is 76.8 cm³/mol. The summed E-state index contributed by atoms with van der Waals surface area (Å²) in [5.74, 6) is 0.749.